The van der Waals surface area contributed by atoms with Crippen molar-refractivity contribution in [3.8, 4) is 0 Å². The Labute approximate surface area is 152 Å². The Morgan fingerprint density at radius 3 is 2.52 bits per heavy atom. The molecule has 0 fully saturated rings. The summed E-state index contributed by atoms with van der Waals surface area (Å²) in [5, 5.41) is 0. The number of hydrogen-bond donors (Lipinski definition) is 0. The maximum Gasteiger partial charge on any atom is -1.00 e. The second-order valence-corrected chi connectivity index (χ2v) is 5.56. The molecule has 0 aliphatic heterocycles. The Kier molecular flexibility index (Phi) is 9.79. The molecule has 0 spiro atoms. The Morgan fingerprint density at radius 1 is 1.24 bits per heavy atom. The van der Waals surface area contributed by atoms with Crippen molar-refractivity contribution in [3.63, 3.8) is 0 Å². The Bertz CT molecular complexity index is 515. The van der Waals surface area contributed by atoms with Gasteiger partial charge < -0.3 is 24.8 Å². The maximum absolute atomic E-state index is 5.50. The Balaban J connectivity index is 0.00000200. The van der Waals surface area contributed by atoms with Gasteiger partial charge in [0.15, 0.2) is 0 Å². The first-order chi connectivity index (χ1) is 9.13. The van der Waals surface area contributed by atoms with E-state index in [1.165, 1.54) is 22.3 Å². The van der Waals surface area contributed by atoms with Crippen molar-refractivity contribution in [3.05, 3.63) is 53.1 Å². The first kappa shape index (κ1) is 20.9. The summed E-state index contributed by atoms with van der Waals surface area (Å²) in [5.74, 6) is 0. The third-order valence-electron chi connectivity index (χ3n) is 3.42. The van der Waals surface area contributed by atoms with Gasteiger partial charge in [-0.15, -0.1) is 0 Å². The molecular formula is C16H20Cl2NOTi. The average Bonchev–Trinajstić information content (AvgIpc) is 2.85. The van der Waals surface area contributed by atoms with Crippen molar-refractivity contribution in [1.82, 2.24) is 4.90 Å². The number of nitrogens with zero attached hydrogens (tertiary/aromatic N) is 1. The van der Waals surface area contributed by atoms with E-state index in [0.717, 1.165) is 13.0 Å². The fourth-order valence-corrected chi connectivity index (χ4v) is 2.71. The number of rotatable bonds is 5. The van der Waals surface area contributed by atoms with Crippen LogP contribution < -0.4 is 24.8 Å². The van der Waals surface area contributed by atoms with Crippen LogP contribution in [0.15, 0.2) is 42.0 Å². The molecule has 1 aliphatic rings. The Hall–Kier alpha value is -0.0857. The second-order valence-electron chi connectivity index (χ2n) is 5.20. The van der Waals surface area contributed by atoms with E-state index >= 15 is 0 Å². The monoisotopic (exact) mass is 360 g/mol. The number of benzene rings is 1. The van der Waals surface area contributed by atoms with E-state index < -0.39 is 0 Å². The number of likely N-dealkylation sites (N-methyl/N-ethyl adjacent to an activating group) is 1. The predicted molar refractivity (Wildman–Crippen MR) is 75.2 cm³/mol. The topological polar surface area (TPSA) is 12.5 Å². The third-order valence-corrected chi connectivity index (χ3v) is 3.97. The van der Waals surface area contributed by atoms with Crippen molar-refractivity contribution in [2.45, 2.75) is 19.4 Å². The average molecular weight is 361 g/mol. The van der Waals surface area contributed by atoms with Crippen LogP contribution >= 0.6 is 0 Å². The summed E-state index contributed by atoms with van der Waals surface area (Å²) in [6.45, 7) is 3.09. The molecule has 0 N–H and O–H groups in total. The summed E-state index contributed by atoms with van der Waals surface area (Å²) in [5.41, 5.74) is 5.47. The van der Waals surface area contributed by atoms with Crippen LogP contribution in [-0.2, 0) is 24.1 Å². The minimum Gasteiger partial charge on any atom is -1.00 e. The van der Waals surface area contributed by atoms with Crippen LogP contribution in [0.1, 0.15) is 30.6 Å². The van der Waals surface area contributed by atoms with Gasteiger partial charge >= 0.3 is 128 Å². The molecule has 0 heterocycles. The van der Waals surface area contributed by atoms with E-state index in [9.17, 15) is 0 Å². The number of hydrogen-bond acceptors (Lipinski definition) is 2. The van der Waals surface area contributed by atoms with Gasteiger partial charge in [-0.1, -0.05) is 0 Å². The molecule has 1 unspecified atom stereocenters. The number of halogens is 2. The third kappa shape index (κ3) is 5.24. The van der Waals surface area contributed by atoms with Crippen molar-refractivity contribution in [1.29, 1.82) is 0 Å². The minimum atomic E-state index is 0. The van der Waals surface area contributed by atoms with Gasteiger partial charge in [-0.2, -0.15) is 0 Å². The van der Waals surface area contributed by atoms with Crippen LogP contribution in [0.4, 0.5) is 0 Å². The summed E-state index contributed by atoms with van der Waals surface area (Å²) in [7, 11) is 4.22. The quantitative estimate of drug-likeness (QED) is 0.539. The largest absolute Gasteiger partial charge is 1.00 e. The minimum absolute atomic E-state index is 0. The summed E-state index contributed by atoms with van der Waals surface area (Å²) in [6, 6.07) is 8.58. The van der Waals surface area contributed by atoms with Gasteiger partial charge in [-0.05, 0) is 0 Å². The van der Waals surface area contributed by atoms with Crippen molar-refractivity contribution in [2.75, 3.05) is 20.6 Å². The Morgan fingerprint density at radius 2 is 1.90 bits per heavy atom. The van der Waals surface area contributed by atoms with Gasteiger partial charge in [0.25, 0.3) is 0 Å². The van der Waals surface area contributed by atoms with Crippen molar-refractivity contribution in [2.24, 2.45) is 0 Å². The van der Waals surface area contributed by atoms with Crippen LogP contribution in [0, 0.1) is 0 Å². The van der Waals surface area contributed by atoms with Gasteiger partial charge in [0.1, 0.15) is 0 Å². The first-order valence-electron chi connectivity index (χ1n) is 6.58. The van der Waals surface area contributed by atoms with Crippen LogP contribution in [0.2, 0.25) is 0 Å². The van der Waals surface area contributed by atoms with Crippen LogP contribution in [0.3, 0.4) is 0 Å². The van der Waals surface area contributed by atoms with Crippen LogP contribution in [-0.4, -0.2) is 25.5 Å². The molecule has 113 valence electrons. The first-order valence-corrected chi connectivity index (χ1v) is 7.22. The van der Waals surface area contributed by atoms with Gasteiger partial charge in [-0.3, -0.25) is 0 Å². The van der Waals surface area contributed by atoms with Gasteiger partial charge in [0.2, 0.25) is 0 Å². The molecule has 0 amide bonds. The van der Waals surface area contributed by atoms with Gasteiger partial charge in [0.05, 0.1) is 0 Å². The molecule has 21 heavy (non-hydrogen) atoms. The molecule has 0 saturated carbocycles. The van der Waals surface area contributed by atoms with E-state index in [0.29, 0.717) is 0 Å². The predicted octanol–water partition coefficient (Wildman–Crippen LogP) is -2.49. The van der Waals surface area contributed by atoms with Crippen LogP contribution in [0.5, 0.6) is 0 Å². The zero-order chi connectivity index (χ0) is 13.8. The van der Waals surface area contributed by atoms with Crippen LogP contribution in [0.25, 0.3) is 5.57 Å². The van der Waals surface area contributed by atoms with E-state index in [4.69, 9.17) is 3.32 Å². The molecule has 2 nitrogen and oxygen atoms in total. The van der Waals surface area contributed by atoms with Crippen molar-refractivity contribution < 1.29 is 49.0 Å². The summed E-state index contributed by atoms with van der Waals surface area (Å²) in [6.07, 6.45) is 5.66. The SMILES string of the molecule is CC([O][Ti+2])c1ccccc1C1=C(CN(C)C)C=CC1.[Cl-].[Cl-]. The molecular weight excluding hydrogens is 341 g/mol. The standard InChI is InChI=1S/C16H20NO.2ClH.Ti/c1-12(18)14-8-4-5-9-16(14)15-10-6-7-13(15)11-17(2)3;;;/h4-9,12H,10-11H2,1-3H3;2*1H;/q-1;;;+3/p-2. The molecule has 1 aromatic rings. The number of allylic oxidation sites excluding steroid dienone is 2. The second kappa shape index (κ2) is 9.84. The molecule has 0 bridgehead atoms. The normalized spacial score (nSPS) is 15.0. The summed E-state index contributed by atoms with van der Waals surface area (Å²) < 4.78 is 5.50. The molecule has 0 radical (unpaired) electrons. The molecule has 0 aromatic heterocycles. The summed E-state index contributed by atoms with van der Waals surface area (Å²) >= 11 is 1.77. The fourth-order valence-electron chi connectivity index (χ4n) is 2.51. The molecule has 5 heteroatoms. The maximum atomic E-state index is 5.50. The zero-order valence-electron chi connectivity index (χ0n) is 12.6. The zero-order valence-corrected chi connectivity index (χ0v) is 15.6. The molecule has 1 aromatic carbocycles. The van der Waals surface area contributed by atoms with Gasteiger partial charge in [-0.25, -0.2) is 0 Å². The van der Waals surface area contributed by atoms with Gasteiger partial charge in [0, 0.05) is 0 Å². The molecule has 1 atom stereocenters. The van der Waals surface area contributed by atoms with Crippen molar-refractivity contribution >= 4 is 5.57 Å². The molecule has 2 rings (SSSR count). The van der Waals surface area contributed by atoms with E-state index in [1.54, 1.807) is 20.8 Å². The smallest absolute Gasteiger partial charge is 1.00 e. The summed E-state index contributed by atoms with van der Waals surface area (Å²) in [4.78, 5) is 2.22. The fraction of sp³-hybridized carbons (Fsp3) is 0.375. The van der Waals surface area contributed by atoms with E-state index in [2.05, 4.69) is 62.3 Å². The van der Waals surface area contributed by atoms with E-state index in [1.807, 2.05) is 0 Å². The van der Waals surface area contributed by atoms with E-state index in [-0.39, 0.29) is 30.9 Å². The molecule has 0 saturated heterocycles. The molecule has 1 aliphatic carbocycles.